The van der Waals surface area contributed by atoms with Crippen molar-refractivity contribution in [1.29, 1.82) is 0 Å². The Kier molecular flexibility index (Phi) is 5.98. The molecule has 240 valence electrons. The molecule has 0 radical (unpaired) electrons. The van der Waals surface area contributed by atoms with E-state index in [4.69, 9.17) is 19.4 Å². The molecule has 0 N–H and O–H groups in total. The Morgan fingerprint density at radius 2 is 1.29 bits per heavy atom. The number of hydrogen-bond donors (Lipinski definition) is 0. The largest absolute Gasteiger partial charge is 0.456 e. The number of rotatable bonds is 4. The minimum atomic E-state index is 0.189. The van der Waals surface area contributed by atoms with Gasteiger partial charge in [0.15, 0.2) is 11.6 Å². The van der Waals surface area contributed by atoms with Gasteiger partial charge in [0.25, 0.3) is 0 Å². The van der Waals surface area contributed by atoms with E-state index in [1.807, 2.05) is 42.5 Å². The number of para-hydroxylation sites is 3. The molecule has 0 fully saturated rings. The van der Waals surface area contributed by atoms with Crippen LogP contribution in [0.1, 0.15) is 12.0 Å². The SMILES string of the molecule is C1=CCC2C(=C1)c1ccc3c4ccccc4n(-c4nc(-c5ccccc5)nc(-c5ccc6c(c5)oc5ccccc56)n4)c3c1N2c1ccccc1. The Morgan fingerprint density at radius 3 is 2.16 bits per heavy atom. The van der Waals surface area contributed by atoms with Gasteiger partial charge in [-0.2, -0.15) is 9.97 Å². The lowest BCUT2D eigenvalue weighted by atomic mass is 9.95. The van der Waals surface area contributed by atoms with Crippen LogP contribution in [0.2, 0.25) is 0 Å². The Balaban J connectivity index is 1.22. The number of furan rings is 1. The molecule has 9 aromatic rings. The second-order valence-corrected chi connectivity index (χ2v) is 13.2. The molecule has 0 amide bonds. The van der Waals surface area contributed by atoms with Gasteiger partial charge in [0.05, 0.1) is 22.8 Å². The third-order valence-electron chi connectivity index (χ3n) is 10.3. The Labute approximate surface area is 293 Å². The van der Waals surface area contributed by atoms with E-state index in [-0.39, 0.29) is 6.04 Å². The molecule has 4 heterocycles. The van der Waals surface area contributed by atoms with Crippen molar-refractivity contribution in [3.63, 3.8) is 0 Å². The fourth-order valence-electron chi connectivity index (χ4n) is 8.08. The van der Waals surface area contributed by atoms with Crippen molar-refractivity contribution in [2.45, 2.75) is 12.5 Å². The average Bonchev–Trinajstić information content (AvgIpc) is 3.86. The van der Waals surface area contributed by atoms with Gasteiger partial charge in [-0.15, -0.1) is 0 Å². The monoisotopic (exact) mass is 655 g/mol. The summed E-state index contributed by atoms with van der Waals surface area (Å²) in [5.74, 6) is 1.76. The van der Waals surface area contributed by atoms with Crippen molar-refractivity contribution in [1.82, 2.24) is 19.5 Å². The van der Waals surface area contributed by atoms with Crippen LogP contribution < -0.4 is 4.90 Å². The summed E-state index contributed by atoms with van der Waals surface area (Å²) >= 11 is 0. The molecule has 6 heteroatoms. The highest BCUT2D eigenvalue weighted by Crippen LogP contribution is 2.52. The van der Waals surface area contributed by atoms with E-state index in [9.17, 15) is 0 Å². The molecule has 6 nitrogen and oxygen atoms in total. The third-order valence-corrected chi connectivity index (χ3v) is 10.3. The van der Waals surface area contributed by atoms with Crippen LogP contribution in [-0.2, 0) is 0 Å². The van der Waals surface area contributed by atoms with E-state index >= 15 is 0 Å². The van der Waals surface area contributed by atoms with Crippen LogP contribution in [0.5, 0.6) is 0 Å². The van der Waals surface area contributed by atoms with Gasteiger partial charge in [-0.3, -0.25) is 4.57 Å². The minimum Gasteiger partial charge on any atom is -0.456 e. The van der Waals surface area contributed by atoms with E-state index in [1.54, 1.807) is 0 Å². The first-order valence-electron chi connectivity index (χ1n) is 17.3. The van der Waals surface area contributed by atoms with E-state index in [0.29, 0.717) is 17.6 Å². The summed E-state index contributed by atoms with van der Waals surface area (Å²) in [7, 11) is 0. The molecule has 1 aliphatic carbocycles. The highest BCUT2D eigenvalue weighted by atomic mass is 16.3. The molecule has 0 spiro atoms. The summed E-state index contributed by atoms with van der Waals surface area (Å²) < 4.78 is 8.56. The third kappa shape index (κ3) is 4.20. The zero-order valence-electron chi connectivity index (χ0n) is 27.4. The molecule has 1 aliphatic heterocycles. The standard InChI is InChI=1S/C45H29N5O/c1-3-13-28(14-4-1)43-46-44(29-23-24-34-33-19-9-12-22-39(33)51-40(34)27-29)48-45(47-43)50-38-21-11-8-18-32(38)36-26-25-35-31-17-7-10-20-37(31)49(41(35)42(36)50)30-15-5-2-6-16-30/h1-19,21-27,37H,20H2. The van der Waals surface area contributed by atoms with Gasteiger partial charge in [-0.1, -0.05) is 121 Å². The number of nitrogens with zero attached hydrogens (tertiary/aromatic N) is 5. The number of fused-ring (bicyclic) bond motifs is 10. The fourth-order valence-corrected chi connectivity index (χ4v) is 8.08. The van der Waals surface area contributed by atoms with Crippen LogP contribution in [-0.4, -0.2) is 25.6 Å². The topological polar surface area (TPSA) is 60.0 Å². The maximum absolute atomic E-state index is 6.31. The maximum Gasteiger partial charge on any atom is 0.238 e. The molecule has 11 rings (SSSR count). The fraction of sp³-hybridized carbons (Fsp3) is 0.0444. The van der Waals surface area contributed by atoms with Gasteiger partial charge in [-0.05, 0) is 48.4 Å². The summed E-state index contributed by atoms with van der Waals surface area (Å²) in [6, 6.07) is 48.6. The predicted octanol–water partition coefficient (Wildman–Crippen LogP) is 11.1. The van der Waals surface area contributed by atoms with Gasteiger partial charge in [0.1, 0.15) is 11.2 Å². The van der Waals surface area contributed by atoms with Gasteiger partial charge in [0.2, 0.25) is 5.95 Å². The van der Waals surface area contributed by atoms with Crippen LogP contribution in [0, 0.1) is 0 Å². The number of aromatic nitrogens is 4. The zero-order valence-corrected chi connectivity index (χ0v) is 27.4. The van der Waals surface area contributed by atoms with Gasteiger partial charge in [0, 0.05) is 43.9 Å². The van der Waals surface area contributed by atoms with Gasteiger partial charge < -0.3 is 9.32 Å². The number of benzene rings is 6. The number of allylic oxidation sites excluding steroid dienone is 2. The maximum atomic E-state index is 6.31. The molecule has 0 saturated carbocycles. The summed E-state index contributed by atoms with van der Waals surface area (Å²) in [5.41, 5.74) is 10.5. The molecule has 51 heavy (non-hydrogen) atoms. The summed E-state index contributed by atoms with van der Waals surface area (Å²) in [4.78, 5) is 18.2. The lowest BCUT2D eigenvalue weighted by Gasteiger charge is -2.29. The molecular formula is C45H29N5O. The van der Waals surface area contributed by atoms with Gasteiger partial charge in [-0.25, -0.2) is 4.98 Å². The van der Waals surface area contributed by atoms with Crippen molar-refractivity contribution < 1.29 is 4.42 Å². The smallest absolute Gasteiger partial charge is 0.238 e. The highest BCUT2D eigenvalue weighted by molar-refractivity contribution is 6.17. The molecule has 1 atom stereocenters. The molecule has 1 unspecified atom stereocenters. The van der Waals surface area contributed by atoms with Crippen molar-refractivity contribution in [2.75, 3.05) is 4.90 Å². The van der Waals surface area contributed by atoms with Crippen molar-refractivity contribution >= 4 is 60.7 Å². The van der Waals surface area contributed by atoms with Crippen LogP contribution in [0.15, 0.2) is 162 Å². The molecular weight excluding hydrogens is 627 g/mol. The molecule has 2 aliphatic rings. The first-order chi connectivity index (χ1) is 25.3. The first kappa shape index (κ1) is 28.1. The molecule has 0 bridgehead atoms. The Hall–Kier alpha value is -6.79. The lowest BCUT2D eigenvalue weighted by molar-refractivity contribution is 0.669. The quantitative estimate of drug-likeness (QED) is 0.189. The summed E-state index contributed by atoms with van der Waals surface area (Å²) in [5, 5.41) is 4.46. The predicted molar refractivity (Wildman–Crippen MR) is 206 cm³/mol. The summed E-state index contributed by atoms with van der Waals surface area (Å²) in [6.45, 7) is 0. The Bertz CT molecular complexity index is 2900. The normalized spacial score (nSPS) is 15.2. The van der Waals surface area contributed by atoms with E-state index < -0.39 is 0 Å². The molecule has 3 aromatic heterocycles. The number of anilines is 2. The Morgan fingerprint density at radius 1 is 0.588 bits per heavy atom. The van der Waals surface area contributed by atoms with E-state index in [1.165, 1.54) is 16.8 Å². The molecule has 0 saturated heterocycles. The first-order valence-corrected chi connectivity index (χ1v) is 17.3. The van der Waals surface area contributed by atoms with Crippen LogP contribution in [0.3, 0.4) is 0 Å². The second kappa shape index (κ2) is 10.9. The van der Waals surface area contributed by atoms with E-state index in [2.05, 4.69) is 125 Å². The molecule has 6 aromatic carbocycles. The van der Waals surface area contributed by atoms with Crippen LogP contribution in [0.4, 0.5) is 11.4 Å². The van der Waals surface area contributed by atoms with Crippen molar-refractivity contribution in [3.8, 4) is 28.7 Å². The average molecular weight is 656 g/mol. The van der Waals surface area contributed by atoms with Gasteiger partial charge >= 0.3 is 0 Å². The van der Waals surface area contributed by atoms with Crippen LogP contribution >= 0.6 is 0 Å². The van der Waals surface area contributed by atoms with Crippen molar-refractivity contribution in [2.24, 2.45) is 0 Å². The van der Waals surface area contributed by atoms with E-state index in [0.717, 1.165) is 67.0 Å². The second-order valence-electron chi connectivity index (χ2n) is 13.2. The minimum absolute atomic E-state index is 0.189. The van der Waals surface area contributed by atoms with Crippen molar-refractivity contribution in [3.05, 3.63) is 163 Å². The van der Waals surface area contributed by atoms with Crippen LogP contribution in [0.25, 0.3) is 78.0 Å². The summed E-state index contributed by atoms with van der Waals surface area (Å²) in [6.07, 6.45) is 7.66. The number of hydrogen-bond acceptors (Lipinski definition) is 5. The lowest BCUT2D eigenvalue weighted by Crippen LogP contribution is -2.27. The highest BCUT2D eigenvalue weighted by Gasteiger charge is 2.38. The zero-order chi connectivity index (χ0) is 33.5.